The first-order valence-corrected chi connectivity index (χ1v) is 7.72. The Morgan fingerprint density at radius 1 is 1.33 bits per heavy atom. The van der Waals surface area contributed by atoms with E-state index in [1.165, 1.54) is 12.1 Å². The molecule has 0 unspecified atom stereocenters. The van der Waals surface area contributed by atoms with Gasteiger partial charge in [0.1, 0.15) is 16.5 Å². The highest BCUT2D eigenvalue weighted by atomic mass is 32.2. The van der Waals surface area contributed by atoms with Crippen LogP contribution in [0.2, 0.25) is 0 Å². The molecule has 100 valence electrons. The van der Waals surface area contributed by atoms with Crippen LogP contribution in [-0.4, -0.2) is 32.9 Å². The Labute approximate surface area is 106 Å². The standard InChI is InChI=1S/C12H16FNO3S/c1-18(16,17)12-10(15)3-2-9(11(12)13)8-4-6-14-7-5-8/h2-3,8,14-15H,4-7H2,1H3. The van der Waals surface area contributed by atoms with Gasteiger partial charge < -0.3 is 10.4 Å². The van der Waals surface area contributed by atoms with E-state index < -0.39 is 26.3 Å². The summed E-state index contributed by atoms with van der Waals surface area (Å²) in [5.41, 5.74) is 0.384. The van der Waals surface area contributed by atoms with Gasteiger partial charge in [-0.3, -0.25) is 0 Å². The smallest absolute Gasteiger partial charge is 0.182 e. The number of sulfone groups is 1. The lowest BCUT2D eigenvalue weighted by Gasteiger charge is -2.24. The highest BCUT2D eigenvalue weighted by molar-refractivity contribution is 7.90. The third-order valence-electron chi connectivity index (χ3n) is 3.26. The molecule has 0 amide bonds. The summed E-state index contributed by atoms with van der Waals surface area (Å²) in [5, 5.41) is 12.7. The molecule has 0 bridgehead atoms. The van der Waals surface area contributed by atoms with Crippen molar-refractivity contribution < 1.29 is 17.9 Å². The van der Waals surface area contributed by atoms with E-state index in [-0.39, 0.29) is 5.92 Å². The van der Waals surface area contributed by atoms with Crippen molar-refractivity contribution in [1.29, 1.82) is 0 Å². The fraction of sp³-hybridized carbons (Fsp3) is 0.500. The quantitative estimate of drug-likeness (QED) is 0.855. The average Bonchev–Trinajstić information content (AvgIpc) is 2.28. The van der Waals surface area contributed by atoms with Gasteiger partial charge in [-0.05, 0) is 43.5 Å². The second-order valence-corrected chi connectivity index (χ2v) is 6.57. The van der Waals surface area contributed by atoms with Crippen molar-refractivity contribution in [2.75, 3.05) is 19.3 Å². The number of phenols is 1. The maximum absolute atomic E-state index is 14.3. The van der Waals surface area contributed by atoms with Crippen molar-refractivity contribution in [2.45, 2.75) is 23.7 Å². The number of benzene rings is 1. The van der Waals surface area contributed by atoms with Crippen LogP contribution in [0.15, 0.2) is 17.0 Å². The Kier molecular flexibility index (Phi) is 3.59. The topological polar surface area (TPSA) is 66.4 Å². The molecule has 0 atom stereocenters. The minimum absolute atomic E-state index is 0.00681. The second-order valence-electron chi connectivity index (χ2n) is 4.61. The largest absolute Gasteiger partial charge is 0.506 e. The van der Waals surface area contributed by atoms with Crippen molar-refractivity contribution >= 4 is 9.84 Å². The molecular formula is C12H16FNO3S. The van der Waals surface area contributed by atoms with Crippen molar-refractivity contribution in [3.8, 4) is 5.75 Å². The second kappa shape index (κ2) is 4.85. The van der Waals surface area contributed by atoms with E-state index in [0.29, 0.717) is 5.56 Å². The number of rotatable bonds is 2. The van der Waals surface area contributed by atoms with Crippen molar-refractivity contribution in [3.05, 3.63) is 23.5 Å². The van der Waals surface area contributed by atoms with Gasteiger partial charge in [-0.15, -0.1) is 0 Å². The molecule has 0 saturated carbocycles. The lowest BCUT2D eigenvalue weighted by Crippen LogP contribution is -2.27. The Morgan fingerprint density at radius 3 is 2.50 bits per heavy atom. The monoisotopic (exact) mass is 273 g/mol. The molecule has 4 nitrogen and oxygen atoms in total. The predicted octanol–water partition coefficient (Wildman–Crippen LogP) is 1.40. The number of halogens is 1. The van der Waals surface area contributed by atoms with Gasteiger partial charge in [0.2, 0.25) is 0 Å². The minimum atomic E-state index is -3.77. The number of phenolic OH excluding ortho intramolecular Hbond substituents is 1. The molecule has 2 rings (SSSR count). The van der Waals surface area contributed by atoms with Gasteiger partial charge in [0.15, 0.2) is 9.84 Å². The molecule has 0 spiro atoms. The molecule has 2 N–H and O–H groups in total. The lowest BCUT2D eigenvalue weighted by molar-refractivity contribution is 0.421. The van der Waals surface area contributed by atoms with Crippen LogP contribution in [-0.2, 0) is 9.84 Å². The Hall–Kier alpha value is -1.14. The van der Waals surface area contributed by atoms with Crippen LogP contribution < -0.4 is 5.32 Å². The van der Waals surface area contributed by atoms with E-state index in [9.17, 15) is 17.9 Å². The first kappa shape index (κ1) is 13.3. The lowest BCUT2D eigenvalue weighted by atomic mass is 9.90. The maximum atomic E-state index is 14.3. The molecule has 1 saturated heterocycles. The fourth-order valence-electron chi connectivity index (χ4n) is 2.36. The molecule has 6 heteroatoms. The summed E-state index contributed by atoms with van der Waals surface area (Å²) in [4.78, 5) is -0.585. The van der Waals surface area contributed by atoms with E-state index in [1.807, 2.05) is 0 Å². The number of nitrogens with one attached hydrogen (secondary N) is 1. The normalized spacial score (nSPS) is 17.9. The summed E-state index contributed by atoms with van der Waals surface area (Å²) in [6.07, 6.45) is 2.44. The zero-order chi connectivity index (χ0) is 13.3. The van der Waals surface area contributed by atoms with Gasteiger partial charge in [-0.1, -0.05) is 6.07 Å². The molecule has 1 aromatic carbocycles. The Balaban J connectivity index is 2.50. The molecule has 1 aliphatic rings. The van der Waals surface area contributed by atoms with E-state index in [4.69, 9.17) is 0 Å². The molecular weight excluding hydrogens is 257 g/mol. The van der Waals surface area contributed by atoms with Crippen molar-refractivity contribution in [2.24, 2.45) is 0 Å². The third-order valence-corrected chi connectivity index (χ3v) is 4.39. The molecule has 1 heterocycles. The summed E-state index contributed by atoms with van der Waals surface area (Å²) in [7, 11) is -3.77. The average molecular weight is 273 g/mol. The third kappa shape index (κ3) is 2.49. The van der Waals surface area contributed by atoms with E-state index >= 15 is 0 Å². The summed E-state index contributed by atoms with van der Waals surface area (Å²) in [6.45, 7) is 1.58. The Bertz CT molecular complexity index is 551. The van der Waals surface area contributed by atoms with E-state index in [0.717, 1.165) is 32.2 Å². The van der Waals surface area contributed by atoms with E-state index in [2.05, 4.69) is 5.32 Å². The predicted molar refractivity (Wildman–Crippen MR) is 66.0 cm³/mol. The number of piperidine rings is 1. The summed E-state index contributed by atoms with van der Waals surface area (Å²) >= 11 is 0. The number of hydrogen-bond donors (Lipinski definition) is 2. The van der Waals surface area contributed by atoms with Gasteiger partial charge in [0.25, 0.3) is 0 Å². The molecule has 0 aromatic heterocycles. The highest BCUT2D eigenvalue weighted by Gasteiger charge is 2.26. The van der Waals surface area contributed by atoms with Crippen molar-refractivity contribution in [3.63, 3.8) is 0 Å². The fourth-order valence-corrected chi connectivity index (χ4v) is 3.25. The molecule has 1 aromatic rings. The number of hydrogen-bond acceptors (Lipinski definition) is 4. The SMILES string of the molecule is CS(=O)(=O)c1c(O)ccc(C2CCNCC2)c1F. The highest BCUT2D eigenvalue weighted by Crippen LogP contribution is 2.34. The minimum Gasteiger partial charge on any atom is -0.506 e. The van der Waals surface area contributed by atoms with Crippen molar-refractivity contribution in [1.82, 2.24) is 5.32 Å². The van der Waals surface area contributed by atoms with Gasteiger partial charge in [0, 0.05) is 6.26 Å². The molecule has 0 aliphatic carbocycles. The van der Waals surface area contributed by atoms with Crippen LogP contribution in [0, 0.1) is 5.82 Å². The first-order valence-electron chi connectivity index (χ1n) is 5.83. The van der Waals surface area contributed by atoms with Crippen LogP contribution in [0.3, 0.4) is 0 Å². The molecule has 1 fully saturated rings. The zero-order valence-electron chi connectivity index (χ0n) is 10.1. The zero-order valence-corrected chi connectivity index (χ0v) is 10.9. The molecule has 1 aliphatic heterocycles. The van der Waals surface area contributed by atoms with Gasteiger partial charge >= 0.3 is 0 Å². The van der Waals surface area contributed by atoms with Crippen LogP contribution >= 0.6 is 0 Å². The number of aromatic hydroxyl groups is 1. The first-order chi connectivity index (χ1) is 8.41. The molecule has 0 radical (unpaired) electrons. The van der Waals surface area contributed by atoms with Crippen LogP contribution in [0.1, 0.15) is 24.3 Å². The summed E-state index contributed by atoms with van der Waals surface area (Å²) in [5.74, 6) is -1.32. The van der Waals surface area contributed by atoms with Gasteiger partial charge in [-0.2, -0.15) is 0 Å². The van der Waals surface area contributed by atoms with Crippen LogP contribution in [0.4, 0.5) is 4.39 Å². The maximum Gasteiger partial charge on any atom is 0.182 e. The summed E-state index contributed by atoms with van der Waals surface area (Å²) < 4.78 is 37.2. The van der Waals surface area contributed by atoms with Crippen LogP contribution in [0.5, 0.6) is 5.75 Å². The van der Waals surface area contributed by atoms with Crippen LogP contribution in [0.25, 0.3) is 0 Å². The van der Waals surface area contributed by atoms with Gasteiger partial charge in [0.05, 0.1) is 0 Å². The molecule has 18 heavy (non-hydrogen) atoms. The van der Waals surface area contributed by atoms with E-state index in [1.54, 1.807) is 0 Å². The van der Waals surface area contributed by atoms with Gasteiger partial charge in [-0.25, -0.2) is 12.8 Å². The summed E-state index contributed by atoms with van der Waals surface area (Å²) in [6, 6.07) is 2.74. The Morgan fingerprint density at radius 2 is 1.94 bits per heavy atom.